The van der Waals surface area contributed by atoms with Gasteiger partial charge < -0.3 is 10.6 Å². The quantitative estimate of drug-likeness (QED) is 0.863. The molecular weight excluding hydrogens is 318 g/mol. The van der Waals surface area contributed by atoms with Crippen LogP contribution in [0, 0.1) is 18.3 Å². The summed E-state index contributed by atoms with van der Waals surface area (Å²) < 4.78 is 0.809. The maximum atomic E-state index is 11.9. The summed E-state index contributed by atoms with van der Waals surface area (Å²) in [5.41, 5.74) is 2.82. The van der Waals surface area contributed by atoms with E-state index in [1.807, 2.05) is 31.2 Å². The lowest BCUT2D eigenvalue weighted by molar-refractivity contribution is 0.262. The minimum Gasteiger partial charge on any atom is -0.308 e. The van der Waals surface area contributed by atoms with E-state index in [4.69, 9.17) is 5.26 Å². The minimum absolute atomic E-state index is 0.355. The number of hydrogen-bond donors (Lipinski definition) is 2. The first-order chi connectivity index (χ1) is 9.58. The number of halogens is 1. The molecule has 0 aromatic heterocycles. The number of aryl methyl sites for hydroxylation is 1. The Morgan fingerprint density at radius 2 is 2.00 bits per heavy atom. The number of hydrogen-bond acceptors (Lipinski definition) is 2. The van der Waals surface area contributed by atoms with Gasteiger partial charge in [-0.1, -0.05) is 12.1 Å². The second-order valence-electron chi connectivity index (χ2n) is 4.26. The van der Waals surface area contributed by atoms with Crippen LogP contribution in [0.1, 0.15) is 11.1 Å². The molecule has 2 amide bonds. The lowest BCUT2D eigenvalue weighted by Gasteiger charge is -2.10. The first kappa shape index (κ1) is 14.1. The molecule has 4 nitrogen and oxygen atoms in total. The Morgan fingerprint density at radius 1 is 1.20 bits per heavy atom. The van der Waals surface area contributed by atoms with E-state index in [0.29, 0.717) is 16.9 Å². The topological polar surface area (TPSA) is 64.9 Å². The van der Waals surface area contributed by atoms with Crippen molar-refractivity contribution < 1.29 is 4.79 Å². The minimum atomic E-state index is -0.355. The number of anilines is 2. The summed E-state index contributed by atoms with van der Waals surface area (Å²) in [4.78, 5) is 11.9. The lowest BCUT2D eigenvalue weighted by atomic mass is 10.2. The van der Waals surface area contributed by atoms with Crippen LogP contribution in [-0.2, 0) is 0 Å². The van der Waals surface area contributed by atoms with Crippen LogP contribution in [0.2, 0.25) is 0 Å². The second-order valence-corrected chi connectivity index (χ2v) is 5.11. The zero-order chi connectivity index (χ0) is 14.5. The lowest BCUT2D eigenvalue weighted by Crippen LogP contribution is -2.19. The van der Waals surface area contributed by atoms with Gasteiger partial charge in [-0.25, -0.2) is 4.79 Å². The Bertz CT molecular complexity index is 692. The van der Waals surface area contributed by atoms with Gasteiger partial charge in [0.2, 0.25) is 0 Å². The molecular formula is C15H12BrN3O. The van der Waals surface area contributed by atoms with Crippen molar-refractivity contribution in [3.8, 4) is 6.07 Å². The average Bonchev–Trinajstić information content (AvgIpc) is 2.43. The third kappa shape index (κ3) is 3.59. The Hall–Kier alpha value is -2.32. The fourth-order valence-electron chi connectivity index (χ4n) is 1.69. The molecule has 0 saturated carbocycles. The van der Waals surface area contributed by atoms with Gasteiger partial charge in [0.25, 0.3) is 0 Å². The molecule has 2 N–H and O–H groups in total. The van der Waals surface area contributed by atoms with Gasteiger partial charge in [-0.05, 0) is 58.7 Å². The molecule has 20 heavy (non-hydrogen) atoms. The SMILES string of the molecule is Cc1ccc(Br)c(NC(=O)Nc2cccc(C#N)c2)c1. The Kier molecular flexibility index (Phi) is 4.38. The van der Waals surface area contributed by atoms with Gasteiger partial charge in [-0.2, -0.15) is 5.26 Å². The van der Waals surface area contributed by atoms with Crippen LogP contribution in [0.3, 0.4) is 0 Å². The molecule has 5 heteroatoms. The van der Waals surface area contributed by atoms with Gasteiger partial charge in [0.05, 0.1) is 17.3 Å². The molecule has 100 valence electrons. The number of nitrogens with zero attached hydrogens (tertiary/aromatic N) is 1. The van der Waals surface area contributed by atoms with Crippen molar-refractivity contribution in [2.24, 2.45) is 0 Å². The molecule has 0 atom stereocenters. The molecule has 0 spiro atoms. The number of rotatable bonds is 2. The van der Waals surface area contributed by atoms with E-state index in [-0.39, 0.29) is 6.03 Å². The molecule has 2 rings (SSSR count). The molecule has 0 bridgehead atoms. The van der Waals surface area contributed by atoms with Crippen molar-refractivity contribution in [1.29, 1.82) is 5.26 Å². The first-order valence-electron chi connectivity index (χ1n) is 5.93. The average molecular weight is 330 g/mol. The van der Waals surface area contributed by atoms with E-state index < -0.39 is 0 Å². The standard InChI is InChI=1S/C15H12BrN3O/c1-10-5-6-13(16)14(7-10)19-15(20)18-12-4-2-3-11(8-12)9-17/h2-8H,1H3,(H2,18,19,20). The van der Waals surface area contributed by atoms with Crippen LogP contribution in [0.15, 0.2) is 46.9 Å². The number of carbonyl (C=O) groups is 1. The maximum Gasteiger partial charge on any atom is 0.323 e. The number of urea groups is 1. The van der Waals surface area contributed by atoms with Crippen LogP contribution in [0.5, 0.6) is 0 Å². The predicted molar refractivity (Wildman–Crippen MR) is 82.7 cm³/mol. The van der Waals surface area contributed by atoms with Gasteiger partial charge in [-0.3, -0.25) is 0 Å². The molecule has 0 heterocycles. The summed E-state index contributed by atoms with van der Waals surface area (Å²) in [7, 11) is 0. The highest BCUT2D eigenvalue weighted by atomic mass is 79.9. The van der Waals surface area contributed by atoms with E-state index in [1.165, 1.54) is 0 Å². The number of carbonyl (C=O) groups excluding carboxylic acids is 1. The summed E-state index contributed by atoms with van der Waals surface area (Å²) in [6.45, 7) is 1.95. The van der Waals surface area contributed by atoms with E-state index >= 15 is 0 Å². The summed E-state index contributed by atoms with van der Waals surface area (Å²) in [6, 6.07) is 14.1. The van der Waals surface area contributed by atoms with Crippen LogP contribution < -0.4 is 10.6 Å². The van der Waals surface area contributed by atoms with Crippen molar-refractivity contribution >= 4 is 33.3 Å². The predicted octanol–water partition coefficient (Wildman–Crippen LogP) is 4.27. The van der Waals surface area contributed by atoms with Crippen LogP contribution >= 0.6 is 15.9 Å². The van der Waals surface area contributed by atoms with Gasteiger partial charge >= 0.3 is 6.03 Å². The van der Waals surface area contributed by atoms with Crippen LogP contribution in [-0.4, -0.2) is 6.03 Å². The van der Waals surface area contributed by atoms with Crippen molar-refractivity contribution in [3.05, 3.63) is 58.1 Å². The number of nitrogens with one attached hydrogen (secondary N) is 2. The second kappa shape index (κ2) is 6.22. The van der Waals surface area contributed by atoms with Crippen LogP contribution in [0.4, 0.5) is 16.2 Å². The van der Waals surface area contributed by atoms with Crippen molar-refractivity contribution in [1.82, 2.24) is 0 Å². The van der Waals surface area contributed by atoms with E-state index in [2.05, 4.69) is 26.6 Å². The number of nitriles is 1. The van der Waals surface area contributed by atoms with Gasteiger partial charge in [0.1, 0.15) is 0 Å². The molecule has 0 aliphatic carbocycles. The van der Waals surface area contributed by atoms with Crippen molar-refractivity contribution in [2.45, 2.75) is 6.92 Å². The molecule has 0 aliphatic rings. The van der Waals surface area contributed by atoms with E-state index in [1.54, 1.807) is 24.3 Å². The van der Waals surface area contributed by atoms with Gasteiger partial charge in [-0.15, -0.1) is 0 Å². The third-order valence-corrected chi connectivity index (χ3v) is 3.31. The maximum absolute atomic E-state index is 11.9. The summed E-state index contributed by atoms with van der Waals surface area (Å²) in [5, 5.41) is 14.3. The van der Waals surface area contributed by atoms with E-state index in [9.17, 15) is 4.79 Å². The highest BCUT2D eigenvalue weighted by Crippen LogP contribution is 2.23. The third-order valence-electron chi connectivity index (χ3n) is 2.62. The number of benzene rings is 2. The fraction of sp³-hybridized carbons (Fsp3) is 0.0667. The highest BCUT2D eigenvalue weighted by Gasteiger charge is 2.06. The molecule has 0 radical (unpaired) electrons. The highest BCUT2D eigenvalue weighted by molar-refractivity contribution is 9.10. The fourth-order valence-corrected chi connectivity index (χ4v) is 2.03. The Balaban J connectivity index is 2.09. The molecule has 0 saturated heterocycles. The van der Waals surface area contributed by atoms with Gasteiger partial charge in [0.15, 0.2) is 0 Å². The molecule has 2 aromatic rings. The Morgan fingerprint density at radius 3 is 2.75 bits per heavy atom. The largest absolute Gasteiger partial charge is 0.323 e. The van der Waals surface area contributed by atoms with Crippen molar-refractivity contribution in [3.63, 3.8) is 0 Å². The molecule has 2 aromatic carbocycles. The summed E-state index contributed by atoms with van der Waals surface area (Å²) in [6.07, 6.45) is 0. The summed E-state index contributed by atoms with van der Waals surface area (Å²) >= 11 is 3.38. The zero-order valence-electron chi connectivity index (χ0n) is 10.8. The smallest absolute Gasteiger partial charge is 0.308 e. The normalized spacial score (nSPS) is 9.65. The monoisotopic (exact) mass is 329 g/mol. The summed E-state index contributed by atoms with van der Waals surface area (Å²) in [5.74, 6) is 0. The van der Waals surface area contributed by atoms with E-state index in [0.717, 1.165) is 10.0 Å². The molecule has 0 unspecified atom stereocenters. The Labute approximate surface area is 125 Å². The zero-order valence-corrected chi connectivity index (χ0v) is 12.4. The van der Waals surface area contributed by atoms with Gasteiger partial charge in [0, 0.05) is 10.2 Å². The van der Waals surface area contributed by atoms with Crippen molar-refractivity contribution in [2.75, 3.05) is 10.6 Å². The van der Waals surface area contributed by atoms with Crippen LogP contribution in [0.25, 0.3) is 0 Å². The number of amides is 2. The first-order valence-corrected chi connectivity index (χ1v) is 6.72. The molecule has 0 aliphatic heterocycles. The molecule has 0 fully saturated rings.